The molecule has 0 saturated heterocycles. The highest BCUT2D eigenvalue weighted by molar-refractivity contribution is 9.11. The van der Waals surface area contributed by atoms with Crippen LogP contribution >= 0.6 is 70.5 Å². The van der Waals surface area contributed by atoms with E-state index in [1.54, 1.807) is 11.3 Å². The van der Waals surface area contributed by atoms with Crippen molar-refractivity contribution < 1.29 is 0 Å². The molecule has 0 fully saturated rings. The average molecular weight is 431 g/mol. The van der Waals surface area contributed by atoms with Crippen LogP contribution in [0.2, 0.25) is 0 Å². The summed E-state index contributed by atoms with van der Waals surface area (Å²) in [6.07, 6.45) is 0. The standard InChI is InChI=1S/C10H7Br3S2/c1-5-4-7(12)10(15-5)8(13)9-6(11)2-3-14-9/h2-4,8H,1H3. The second kappa shape index (κ2) is 5.00. The molecule has 80 valence electrons. The maximum atomic E-state index is 3.75. The van der Waals surface area contributed by atoms with E-state index in [4.69, 9.17) is 0 Å². The lowest BCUT2D eigenvalue weighted by atomic mass is 10.3. The van der Waals surface area contributed by atoms with Gasteiger partial charge in [0.1, 0.15) is 0 Å². The van der Waals surface area contributed by atoms with E-state index < -0.39 is 0 Å². The summed E-state index contributed by atoms with van der Waals surface area (Å²) >= 11 is 14.5. The molecule has 0 bridgehead atoms. The summed E-state index contributed by atoms with van der Waals surface area (Å²) in [6.45, 7) is 2.13. The summed E-state index contributed by atoms with van der Waals surface area (Å²) in [5, 5.41) is 2.10. The second-order valence-electron chi connectivity index (χ2n) is 3.06. The molecule has 2 heterocycles. The summed E-state index contributed by atoms with van der Waals surface area (Å²) in [7, 11) is 0. The van der Waals surface area contributed by atoms with Crippen LogP contribution in [-0.4, -0.2) is 0 Å². The van der Waals surface area contributed by atoms with Crippen LogP contribution in [0.3, 0.4) is 0 Å². The molecule has 2 rings (SSSR count). The highest BCUT2D eigenvalue weighted by Gasteiger charge is 2.19. The Hall–Kier alpha value is 0.840. The monoisotopic (exact) mass is 428 g/mol. The smallest absolute Gasteiger partial charge is 0.0853 e. The Morgan fingerprint density at radius 2 is 1.93 bits per heavy atom. The molecule has 15 heavy (non-hydrogen) atoms. The third-order valence-electron chi connectivity index (χ3n) is 1.94. The molecule has 2 aromatic rings. The van der Waals surface area contributed by atoms with Crippen molar-refractivity contribution in [2.24, 2.45) is 0 Å². The van der Waals surface area contributed by atoms with Crippen LogP contribution < -0.4 is 0 Å². The first-order valence-corrected chi connectivity index (χ1v) is 8.42. The van der Waals surface area contributed by atoms with E-state index in [0.29, 0.717) is 0 Å². The van der Waals surface area contributed by atoms with Gasteiger partial charge in [-0.15, -0.1) is 22.7 Å². The van der Waals surface area contributed by atoms with E-state index in [1.807, 2.05) is 11.3 Å². The van der Waals surface area contributed by atoms with Gasteiger partial charge in [-0.25, -0.2) is 0 Å². The molecule has 5 heteroatoms. The number of hydrogen-bond acceptors (Lipinski definition) is 2. The molecule has 0 aliphatic rings. The molecule has 0 saturated carbocycles. The Labute approximate surface area is 122 Å². The Balaban J connectivity index is 2.40. The van der Waals surface area contributed by atoms with Crippen molar-refractivity contribution in [3.05, 3.63) is 41.1 Å². The van der Waals surface area contributed by atoms with Gasteiger partial charge in [-0.1, -0.05) is 15.9 Å². The first-order valence-electron chi connectivity index (χ1n) is 4.22. The van der Waals surface area contributed by atoms with Crippen molar-refractivity contribution in [1.29, 1.82) is 0 Å². The second-order valence-corrected chi connectivity index (χ2v) is 7.92. The summed E-state index contributed by atoms with van der Waals surface area (Å²) in [4.78, 5) is 4.25. The number of rotatable bonds is 2. The molecule has 0 N–H and O–H groups in total. The predicted molar refractivity (Wildman–Crippen MR) is 79.5 cm³/mol. The zero-order valence-electron chi connectivity index (χ0n) is 7.76. The lowest BCUT2D eigenvalue weighted by Gasteiger charge is -2.06. The highest BCUT2D eigenvalue weighted by atomic mass is 79.9. The van der Waals surface area contributed by atoms with Crippen molar-refractivity contribution in [2.45, 2.75) is 11.8 Å². The number of alkyl halides is 1. The van der Waals surface area contributed by atoms with Gasteiger partial charge in [0.2, 0.25) is 0 Å². The molecule has 1 atom stereocenters. The lowest BCUT2D eigenvalue weighted by Crippen LogP contribution is -1.86. The molecule has 0 amide bonds. The quantitative estimate of drug-likeness (QED) is 0.503. The summed E-state index contributed by atoms with van der Waals surface area (Å²) < 4.78 is 2.36. The third kappa shape index (κ3) is 2.57. The summed E-state index contributed by atoms with van der Waals surface area (Å²) in [5.74, 6) is 0. The number of hydrogen-bond donors (Lipinski definition) is 0. The van der Waals surface area contributed by atoms with Crippen LogP contribution in [0.25, 0.3) is 0 Å². The van der Waals surface area contributed by atoms with Gasteiger partial charge < -0.3 is 0 Å². The van der Waals surface area contributed by atoms with Crippen LogP contribution in [0.15, 0.2) is 26.5 Å². The van der Waals surface area contributed by atoms with E-state index in [1.165, 1.54) is 23.6 Å². The van der Waals surface area contributed by atoms with Crippen molar-refractivity contribution in [2.75, 3.05) is 0 Å². The largest absolute Gasteiger partial charge is 0.146 e. The van der Waals surface area contributed by atoms with Gasteiger partial charge >= 0.3 is 0 Å². The molecule has 0 aliphatic carbocycles. The van der Waals surface area contributed by atoms with E-state index in [2.05, 4.69) is 72.2 Å². The third-order valence-corrected chi connectivity index (χ3v) is 7.43. The maximum absolute atomic E-state index is 3.75. The van der Waals surface area contributed by atoms with Gasteiger partial charge in [-0.3, -0.25) is 0 Å². The van der Waals surface area contributed by atoms with Crippen LogP contribution in [0.1, 0.15) is 19.5 Å². The van der Waals surface area contributed by atoms with Gasteiger partial charge in [0, 0.05) is 23.6 Å². The zero-order valence-corrected chi connectivity index (χ0v) is 14.2. The zero-order chi connectivity index (χ0) is 11.0. The first-order chi connectivity index (χ1) is 7.09. The molecule has 1 unspecified atom stereocenters. The summed E-state index contributed by atoms with van der Waals surface area (Å²) in [5.41, 5.74) is 0. The minimum atomic E-state index is 0.278. The van der Waals surface area contributed by atoms with Crippen LogP contribution in [-0.2, 0) is 0 Å². The fourth-order valence-electron chi connectivity index (χ4n) is 1.28. The Bertz CT molecular complexity index is 473. The molecular weight excluding hydrogens is 424 g/mol. The normalized spacial score (nSPS) is 13.1. The minimum absolute atomic E-state index is 0.278. The van der Waals surface area contributed by atoms with Crippen molar-refractivity contribution in [1.82, 2.24) is 0 Å². The lowest BCUT2D eigenvalue weighted by molar-refractivity contribution is 1.26. The van der Waals surface area contributed by atoms with Crippen molar-refractivity contribution in [3.63, 3.8) is 0 Å². The molecule has 0 radical (unpaired) electrons. The summed E-state index contributed by atoms with van der Waals surface area (Å²) in [6, 6.07) is 4.25. The van der Waals surface area contributed by atoms with E-state index in [9.17, 15) is 0 Å². The SMILES string of the molecule is Cc1cc(Br)c(C(Br)c2sccc2Br)s1. The molecule has 0 nitrogen and oxygen atoms in total. The Morgan fingerprint density at radius 3 is 2.40 bits per heavy atom. The van der Waals surface area contributed by atoms with Crippen LogP contribution in [0, 0.1) is 6.92 Å². The van der Waals surface area contributed by atoms with Crippen LogP contribution in [0.5, 0.6) is 0 Å². The van der Waals surface area contributed by atoms with Crippen LogP contribution in [0.4, 0.5) is 0 Å². The fraction of sp³-hybridized carbons (Fsp3) is 0.200. The van der Waals surface area contributed by atoms with Crippen molar-refractivity contribution >= 4 is 70.5 Å². The first kappa shape index (κ1) is 12.3. The Morgan fingerprint density at radius 1 is 1.20 bits per heavy atom. The average Bonchev–Trinajstić information content (AvgIpc) is 2.71. The molecule has 2 aromatic heterocycles. The van der Waals surface area contributed by atoms with E-state index >= 15 is 0 Å². The Kier molecular flexibility index (Phi) is 4.10. The van der Waals surface area contributed by atoms with E-state index in [-0.39, 0.29) is 4.83 Å². The van der Waals surface area contributed by atoms with Gasteiger partial charge in [0.25, 0.3) is 0 Å². The molecule has 0 aromatic carbocycles. The number of aryl methyl sites for hydroxylation is 1. The fourth-order valence-corrected chi connectivity index (χ4v) is 6.52. The van der Waals surface area contributed by atoms with Crippen molar-refractivity contribution in [3.8, 4) is 0 Å². The molecular formula is C10H7Br3S2. The van der Waals surface area contributed by atoms with Gasteiger partial charge in [0.15, 0.2) is 0 Å². The van der Waals surface area contributed by atoms with E-state index in [0.717, 1.165) is 0 Å². The van der Waals surface area contributed by atoms with Gasteiger partial charge in [-0.2, -0.15) is 0 Å². The predicted octanol–water partition coefficient (Wildman–Crippen LogP) is 6.13. The molecule has 0 aliphatic heterocycles. The van der Waals surface area contributed by atoms with Gasteiger partial charge in [0.05, 0.1) is 4.83 Å². The van der Waals surface area contributed by atoms with Gasteiger partial charge in [-0.05, 0) is 56.3 Å². The maximum Gasteiger partial charge on any atom is 0.0853 e. The topological polar surface area (TPSA) is 0 Å². The minimum Gasteiger partial charge on any atom is -0.146 e. The number of thiophene rings is 2. The molecule has 0 spiro atoms. The highest BCUT2D eigenvalue weighted by Crippen LogP contribution is 2.44. The number of halogens is 3.